The van der Waals surface area contributed by atoms with Gasteiger partial charge in [0.2, 0.25) is 0 Å². The van der Waals surface area contributed by atoms with Crippen LogP contribution in [0.3, 0.4) is 0 Å². The van der Waals surface area contributed by atoms with Crippen LogP contribution in [0.1, 0.15) is 82.3 Å². The van der Waals surface area contributed by atoms with Gasteiger partial charge in [0.05, 0.1) is 13.2 Å². The van der Waals surface area contributed by atoms with Crippen molar-refractivity contribution in [1.29, 1.82) is 0 Å². The van der Waals surface area contributed by atoms with Gasteiger partial charge in [-0.15, -0.1) is 0 Å². The summed E-state index contributed by atoms with van der Waals surface area (Å²) >= 11 is 0. The molecule has 0 aliphatic carbocycles. The molecule has 12 heteroatoms. The highest BCUT2D eigenvalue weighted by molar-refractivity contribution is 5.73. The Morgan fingerprint density at radius 2 is 0.808 bits per heavy atom. The topological polar surface area (TPSA) is 89.5 Å². The lowest BCUT2D eigenvalue weighted by Crippen LogP contribution is -2.06. The number of halogens is 4. The van der Waals surface area contributed by atoms with Crippen LogP contribution < -0.4 is 18.9 Å². The molecule has 0 N–H and O–H groups in total. The molecule has 0 saturated carbocycles. The maximum Gasteiger partial charge on any atom is 0.306 e. The van der Waals surface area contributed by atoms with Crippen molar-refractivity contribution in [2.75, 3.05) is 13.2 Å². The average Bonchev–Trinajstić information content (AvgIpc) is 3.42. The number of carbonyl (C=O) groups is 2. The van der Waals surface area contributed by atoms with E-state index in [0.29, 0.717) is 60.6 Å². The summed E-state index contributed by atoms with van der Waals surface area (Å²) in [6.07, 6.45) is 0.824. The Morgan fingerprint density at radius 1 is 0.397 bits per heavy atom. The predicted octanol–water partition coefficient (Wildman–Crippen LogP) is 15.8. The summed E-state index contributed by atoms with van der Waals surface area (Å²) in [5.41, 5.74) is 13.6. The van der Waals surface area contributed by atoms with E-state index in [0.717, 1.165) is 66.8 Å². The normalized spacial score (nSPS) is 10.8. The summed E-state index contributed by atoms with van der Waals surface area (Å²) in [6, 6.07) is 46.0. The van der Waals surface area contributed by atoms with Gasteiger partial charge in [-0.3, -0.25) is 9.59 Å². The second-order valence-corrected chi connectivity index (χ2v) is 18.8. The minimum Gasteiger partial charge on any atom is -0.489 e. The zero-order valence-corrected chi connectivity index (χ0v) is 44.9. The molecule has 404 valence electrons. The molecule has 0 spiro atoms. The number of carbonyl (C=O) groups excluding carboxylic acids is 2. The fourth-order valence-electron chi connectivity index (χ4n) is 9.11. The summed E-state index contributed by atoms with van der Waals surface area (Å²) < 4.78 is 88.9. The molecule has 8 aromatic carbocycles. The number of hydrogen-bond acceptors (Lipinski definition) is 8. The summed E-state index contributed by atoms with van der Waals surface area (Å²) in [5, 5.41) is 0. The van der Waals surface area contributed by atoms with E-state index in [9.17, 15) is 27.2 Å². The van der Waals surface area contributed by atoms with Crippen LogP contribution >= 0.6 is 0 Å². The van der Waals surface area contributed by atoms with Crippen LogP contribution in [0.25, 0.3) is 22.3 Å². The highest BCUT2D eigenvalue weighted by Crippen LogP contribution is 2.33. The minimum atomic E-state index is -0.411. The predicted molar refractivity (Wildman–Crippen MR) is 296 cm³/mol. The molecule has 0 fully saturated rings. The molecule has 0 aliphatic heterocycles. The van der Waals surface area contributed by atoms with Gasteiger partial charge in [0.1, 0.15) is 72.7 Å². The molecule has 78 heavy (non-hydrogen) atoms. The van der Waals surface area contributed by atoms with Crippen molar-refractivity contribution in [3.8, 4) is 45.3 Å². The SMILES string of the molecule is CCOC(=O)CCc1ccc(OCc2cccc(-c3c(C)cc(C)cc3COc3ccc(F)cc3)c2)cc1F.CCOC(=O)CCc1ccc(OCc2cccc(-c3c(C)cc(COc4ccc(F)cc4)cc3C)c2)cc1F. The lowest BCUT2D eigenvalue weighted by atomic mass is 9.92. The summed E-state index contributed by atoms with van der Waals surface area (Å²) in [4.78, 5) is 23.1. The Labute approximate surface area is 454 Å². The van der Waals surface area contributed by atoms with Gasteiger partial charge in [-0.05, 0) is 200 Å². The fourth-order valence-corrected chi connectivity index (χ4v) is 9.11. The van der Waals surface area contributed by atoms with Crippen LogP contribution in [0.2, 0.25) is 0 Å². The molecule has 8 aromatic rings. The summed E-state index contributed by atoms with van der Waals surface area (Å²) in [6.45, 7) is 13.6. The van der Waals surface area contributed by atoms with E-state index in [-0.39, 0.29) is 62.5 Å². The van der Waals surface area contributed by atoms with E-state index < -0.39 is 11.6 Å². The Balaban J connectivity index is 0.000000226. The van der Waals surface area contributed by atoms with Crippen molar-refractivity contribution < 1.29 is 55.6 Å². The summed E-state index contributed by atoms with van der Waals surface area (Å²) in [7, 11) is 0. The van der Waals surface area contributed by atoms with E-state index in [1.165, 1.54) is 36.4 Å². The third-order valence-corrected chi connectivity index (χ3v) is 12.7. The van der Waals surface area contributed by atoms with E-state index in [1.54, 1.807) is 62.4 Å². The molecule has 0 atom stereocenters. The van der Waals surface area contributed by atoms with E-state index in [2.05, 4.69) is 63.2 Å². The molecule has 0 amide bonds. The van der Waals surface area contributed by atoms with E-state index in [4.69, 9.17) is 28.4 Å². The minimum absolute atomic E-state index is 0.132. The quantitative estimate of drug-likeness (QED) is 0.0490. The van der Waals surface area contributed by atoms with Gasteiger partial charge >= 0.3 is 11.9 Å². The highest BCUT2D eigenvalue weighted by Gasteiger charge is 2.15. The maximum atomic E-state index is 14.6. The number of hydrogen-bond donors (Lipinski definition) is 0. The van der Waals surface area contributed by atoms with Crippen molar-refractivity contribution in [1.82, 2.24) is 0 Å². The number of benzene rings is 8. The van der Waals surface area contributed by atoms with E-state index >= 15 is 0 Å². The van der Waals surface area contributed by atoms with Gasteiger partial charge in [0.25, 0.3) is 0 Å². The van der Waals surface area contributed by atoms with E-state index in [1.807, 2.05) is 37.3 Å². The Hall–Kier alpha value is -8.38. The first kappa shape index (κ1) is 57.3. The van der Waals surface area contributed by atoms with Crippen molar-refractivity contribution in [3.63, 3.8) is 0 Å². The zero-order chi connectivity index (χ0) is 55.6. The molecule has 8 nitrogen and oxygen atoms in total. The Kier molecular flexibility index (Phi) is 20.7. The third-order valence-electron chi connectivity index (χ3n) is 12.7. The summed E-state index contributed by atoms with van der Waals surface area (Å²) in [5.74, 6) is -0.0283. The number of aryl methyl sites for hydroxylation is 6. The zero-order valence-electron chi connectivity index (χ0n) is 44.9. The molecule has 0 aromatic heterocycles. The van der Waals surface area contributed by atoms with Gasteiger partial charge in [-0.25, -0.2) is 17.6 Å². The molecule has 0 heterocycles. The van der Waals surface area contributed by atoms with Gasteiger partial charge in [0.15, 0.2) is 0 Å². The molecule has 0 aliphatic rings. The van der Waals surface area contributed by atoms with Gasteiger partial charge in [-0.2, -0.15) is 0 Å². The molecule has 0 bridgehead atoms. The van der Waals surface area contributed by atoms with Crippen molar-refractivity contribution >= 4 is 11.9 Å². The van der Waals surface area contributed by atoms with Crippen molar-refractivity contribution in [2.45, 2.75) is 93.7 Å². The van der Waals surface area contributed by atoms with Crippen LogP contribution in [0.5, 0.6) is 23.0 Å². The second kappa shape index (κ2) is 28.1. The number of ether oxygens (including phenoxy) is 6. The molecular formula is C66H64F4O8. The Bertz CT molecular complexity index is 3280. The van der Waals surface area contributed by atoms with Gasteiger partial charge < -0.3 is 28.4 Å². The van der Waals surface area contributed by atoms with Crippen LogP contribution in [0, 0.1) is 51.0 Å². The van der Waals surface area contributed by atoms with Crippen LogP contribution in [-0.4, -0.2) is 25.2 Å². The first-order valence-corrected chi connectivity index (χ1v) is 25.9. The largest absolute Gasteiger partial charge is 0.489 e. The first-order valence-electron chi connectivity index (χ1n) is 25.9. The molecular weight excluding hydrogens is 997 g/mol. The molecule has 8 rings (SSSR count). The lowest BCUT2D eigenvalue weighted by Gasteiger charge is -2.16. The monoisotopic (exact) mass is 1060 g/mol. The maximum absolute atomic E-state index is 14.6. The molecule has 0 saturated heterocycles. The van der Waals surface area contributed by atoms with Crippen molar-refractivity contribution in [2.24, 2.45) is 0 Å². The Morgan fingerprint density at radius 3 is 1.27 bits per heavy atom. The third kappa shape index (κ3) is 16.8. The molecule has 0 unspecified atom stereocenters. The van der Waals surface area contributed by atoms with Crippen LogP contribution in [0.4, 0.5) is 17.6 Å². The number of esters is 2. The second-order valence-electron chi connectivity index (χ2n) is 18.8. The standard InChI is InChI=1S/2C33H32F2O4/c1-4-37-32(36)15-9-26-8-12-30(19-31(26)35)39-20-24-6-5-7-27(18-24)33-22(2)16-25(17-23(33)3)21-38-29-13-10-28(34)11-14-29;1-4-37-32(36)15-9-25-8-12-30(19-31(25)35)38-20-24-6-5-7-26(18-24)33-23(3)16-22(2)17-27(33)21-39-29-13-10-28(34)11-14-29/h2*5-8,10-14,16-19H,4,9,15,20-21H2,1-3H3. The van der Waals surface area contributed by atoms with Crippen LogP contribution in [-0.2, 0) is 58.3 Å². The van der Waals surface area contributed by atoms with Gasteiger partial charge in [0, 0.05) is 25.0 Å². The lowest BCUT2D eigenvalue weighted by molar-refractivity contribution is -0.144. The smallest absolute Gasteiger partial charge is 0.306 e. The highest BCUT2D eigenvalue weighted by atomic mass is 19.1. The van der Waals surface area contributed by atoms with Crippen molar-refractivity contribution in [3.05, 3.63) is 237 Å². The first-order chi connectivity index (χ1) is 37.6. The number of rotatable bonds is 22. The fraction of sp³-hybridized carbons (Fsp3) is 0.242. The molecule has 0 radical (unpaired) electrons. The van der Waals surface area contributed by atoms with Gasteiger partial charge in [-0.1, -0.05) is 78.4 Å². The van der Waals surface area contributed by atoms with Crippen LogP contribution in [0.15, 0.2) is 158 Å². The average molecular weight is 1060 g/mol.